The lowest BCUT2D eigenvalue weighted by molar-refractivity contribution is 0.193. The van der Waals surface area contributed by atoms with Gasteiger partial charge in [0.2, 0.25) is 0 Å². The lowest BCUT2D eigenvalue weighted by atomic mass is 9.98. The quantitative estimate of drug-likeness (QED) is 0.675. The Labute approximate surface area is 115 Å². The summed E-state index contributed by atoms with van der Waals surface area (Å²) in [5.74, 6) is 0.926. The van der Waals surface area contributed by atoms with Gasteiger partial charge in [0.1, 0.15) is 0 Å². The third-order valence-electron chi connectivity index (χ3n) is 4.72. The fraction of sp³-hybridized carbons (Fsp3) is 1.00. The highest BCUT2D eigenvalue weighted by Gasteiger charge is 2.26. The van der Waals surface area contributed by atoms with Crippen LogP contribution in [0.5, 0.6) is 0 Å². The first-order chi connectivity index (χ1) is 8.72. The van der Waals surface area contributed by atoms with Gasteiger partial charge in [0.15, 0.2) is 0 Å². The Balaban J connectivity index is 2.31. The second-order valence-electron chi connectivity index (χ2n) is 5.93. The molecule has 0 aliphatic heterocycles. The van der Waals surface area contributed by atoms with Crippen LogP contribution in [0.4, 0.5) is 0 Å². The van der Waals surface area contributed by atoms with E-state index in [1.807, 2.05) is 0 Å². The monoisotopic (exact) mass is 254 g/mol. The summed E-state index contributed by atoms with van der Waals surface area (Å²) >= 11 is 0. The average molecular weight is 254 g/mol. The van der Waals surface area contributed by atoms with Gasteiger partial charge >= 0.3 is 0 Å². The Morgan fingerprint density at radius 1 is 1.22 bits per heavy atom. The smallest absolute Gasteiger partial charge is 0.00958 e. The molecule has 2 heteroatoms. The minimum atomic E-state index is 0.749. The van der Waals surface area contributed by atoms with Crippen molar-refractivity contribution in [1.82, 2.24) is 10.2 Å². The fourth-order valence-corrected chi connectivity index (χ4v) is 3.26. The highest BCUT2D eigenvalue weighted by molar-refractivity contribution is 4.84. The standard InChI is InChI=1S/C16H34N2/c1-5-12-17-16-10-8-9-15(16)11-13-18(7-3)14(4)6-2/h14-17H,5-13H2,1-4H3. The Bertz CT molecular complexity index is 205. The molecule has 1 rings (SSSR count). The van der Waals surface area contributed by atoms with Gasteiger partial charge in [-0.3, -0.25) is 0 Å². The van der Waals surface area contributed by atoms with Crippen LogP contribution in [0, 0.1) is 5.92 Å². The van der Waals surface area contributed by atoms with Crippen molar-refractivity contribution >= 4 is 0 Å². The molecule has 0 aromatic carbocycles. The largest absolute Gasteiger partial charge is 0.314 e. The summed E-state index contributed by atoms with van der Waals surface area (Å²) in [5, 5.41) is 3.75. The fourth-order valence-electron chi connectivity index (χ4n) is 3.26. The second kappa shape index (κ2) is 8.92. The van der Waals surface area contributed by atoms with Crippen molar-refractivity contribution < 1.29 is 0 Å². The van der Waals surface area contributed by atoms with Crippen molar-refractivity contribution in [3.8, 4) is 0 Å². The molecule has 1 N–H and O–H groups in total. The van der Waals surface area contributed by atoms with Gasteiger partial charge in [0.25, 0.3) is 0 Å². The van der Waals surface area contributed by atoms with Crippen molar-refractivity contribution in [3.05, 3.63) is 0 Å². The predicted molar refractivity (Wildman–Crippen MR) is 81.0 cm³/mol. The average Bonchev–Trinajstić information content (AvgIpc) is 2.84. The molecule has 0 aromatic heterocycles. The summed E-state index contributed by atoms with van der Waals surface area (Å²) < 4.78 is 0. The lowest BCUT2D eigenvalue weighted by Crippen LogP contribution is -2.37. The summed E-state index contributed by atoms with van der Waals surface area (Å²) in [5.41, 5.74) is 0. The number of hydrogen-bond acceptors (Lipinski definition) is 2. The highest BCUT2D eigenvalue weighted by atomic mass is 15.1. The van der Waals surface area contributed by atoms with Crippen LogP contribution >= 0.6 is 0 Å². The zero-order valence-corrected chi connectivity index (χ0v) is 13.0. The maximum atomic E-state index is 3.75. The molecule has 0 aromatic rings. The topological polar surface area (TPSA) is 15.3 Å². The van der Waals surface area contributed by atoms with E-state index in [1.165, 1.54) is 58.2 Å². The number of nitrogens with zero attached hydrogens (tertiary/aromatic N) is 1. The zero-order chi connectivity index (χ0) is 13.4. The minimum Gasteiger partial charge on any atom is -0.314 e. The van der Waals surface area contributed by atoms with Gasteiger partial charge in [-0.15, -0.1) is 0 Å². The van der Waals surface area contributed by atoms with Crippen molar-refractivity contribution in [2.45, 2.75) is 78.3 Å². The first kappa shape index (κ1) is 16.0. The van der Waals surface area contributed by atoms with Crippen LogP contribution in [0.15, 0.2) is 0 Å². The highest BCUT2D eigenvalue weighted by Crippen LogP contribution is 2.28. The predicted octanol–water partition coefficient (Wildman–Crippen LogP) is 3.67. The van der Waals surface area contributed by atoms with E-state index >= 15 is 0 Å². The van der Waals surface area contributed by atoms with E-state index in [0.29, 0.717) is 0 Å². The van der Waals surface area contributed by atoms with E-state index in [-0.39, 0.29) is 0 Å². The Hall–Kier alpha value is -0.0800. The lowest BCUT2D eigenvalue weighted by Gasteiger charge is -2.29. The first-order valence-electron chi connectivity index (χ1n) is 8.20. The number of hydrogen-bond donors (Lipinski definition) is 1. The minimum absolute atomic E-state index is 0.749. The summed E-state index contributed by atoms with van der Waals surface area (Å²) in [6, 6.07) is 1.55. The molecule has 0 saturated heterocycles. The van der Waals surface area contributed by atoms with E-state index in [1.54, 1.807) is 0 Å². The van der Waals surface area contributed by atoms with Crippen molar-refractivity contribution in [2.24, 2.45) is 5.92 Å². The van der Waals surface area contributed by atoms with Crippen LogP contribution < -0.4 is 5.32 Å². The maximum absolute atomic E-state index is 3.75. The summed E-state index contributed by atoms with van der Waals surface area (Å²) in [4.78, 5) is 2.65. The molecule has 0 bridgehead atoms. The van der Waals surface area contributed by atoms with Gasteiger partial charge in [-0.25, -0.2) is 0 Å². The SMILES string of the molecule is CCCNC1CCCC1CCN(CC)C(C)CC. The molecule has 3 atom stereocenters. The van der Waals surface area contributed by atoms with Crippen molar-refractivity contribution in [1.29, 1.82) is 0 Å². The number of nitrogens with one attached hydrogen (secondary N) is 1. The van der Waals surface area contributed by atoms with Crippen molar-refractivity contribution in [2.75, 3.05) is 19.6 Å². The summed E-state index contributed by atoms with van der Waals surface area (Å²) in [6.07, 6.45) is 8.20. The molecular formula is C16H34N2. The molecule has 18 heavy (non-hydrogen) atoms. The molecule has 2 nitrogen and oxygen atoms in total. The van der Waals surface area contributed by atoms with Gasteiger partial charge in [-0.1, -0.05) is 27.2 Å². The molecule has 3 unspecified atom stereocenters. The van der Waals surface area contributed by atoms with Crippen LogP contribution in [-0.2, 0) is 0 Å². The van der Waals surface area contributed by atoms with E-state index in [4.69, 9.17) is 0 Å². The molecule has 0 heterocycles. The van der Waals surface area contributed by atoms with Gasteiger partial charge in [0.05, 0.1) is 0 Å². The second-order valence-corrected chi connectivity index (χ2v) is 5.93. The van der Waals surface area contributed by atoms with Crippen LogP contribution in [0.3, 0.4) is 0 Å². The molecule has 0 radical (unpaired) electrons. The molecule has 1 aliphatic carbocycles. The summed E-state index contributed by atoms with van der Waals surface area (Å²) in [6.45, 7) is 12.9. The van der Waals surface area contributed by atoms with Gasteiger partial charge < -0.3 is 10.2 Å². The molecular weight excluding hydrogens is 220 g/mol. The molecule has 1 fully saturated rings. The Kier molecular flexibility index (Phi) is 7.92. The van der Waals surface area contributed by atoms with Gasteiger partial charge in [0, 0.05) is 12.1 Å². The van der Waals surface area contributed by atoms with E-state index in [9.17, 15) is 0 Å². The van der Waals surface area contributed by atoms with Crippen LogP contribution in [0.1, 0.15) is 66.2 Å². The van der Waals surface area contributed by atoms with Crippen molar-refractivity contribution in [3.63, 3.8) is 0 Å². The zero-order valence-electron chi connectivity index (χ0n) is 13.0. The molecule has 1 aliphatic rings. The van der Waals surface area contributed by atoms with Crippen LogP contribution in [0.25, 0.3) is 0 Å². The normalized spacial score (nSPS) is 25.8. The summed E-state index contributed by atoms with van der Waals surface area (Å²) in [7, 11) is 0. The Morgan fingerprint density at radius 3 is 2.61 bits per heavy atom. The van der Waals surface area contributed by atoms with E-state index < -0.39 is 0 Å². The molecule has 0 spiro atoms. The molecule has 0 amide bonds. The third-order valence-corrected chi connectivity index (χ3v) is 4.72. The van der Waals surface area contributed by atoms with Crippen LogP contribution in [-0.4, -0.2) is 36.6 Å². The van der Waals surface area contributed by atoms with E-state index in [0.717, 1.165) is 18.0 Å². The molecule has 108 valence electrons. The maximum Gasteiger partial charge on any atom is 0.00958 e. The van der Waals surface area contributed by atoms with E-state index in [2.05, 4.69) is 37.9 Å². The van der Waals surface area contributed by atoms with Gasteiger partial charge in [-0.05, 0) is 64.6 Å². The van der Waals surface area contributed by atoms with Gasteiger partial charge in [-0.2, -0.15) is 0 Å². The third kappa shape index (κ3) is 4.89. The number of rotatable bonds is 9. The Morgan fingerprint density at radius 2 is 2.00 bits per heavy atom. The van der Waals surface area contributed by atoms with Crippen LogP contribution in [0.2, 0.25) is 0 Å². The molecule has 1 saturated carbocycles. The first-order valence-corrected chi connectivity index (χ1v) is 8.20.